The van der Waals surface area contributed by atoms with Crippen molar-refractivity contribution in [2.75, 3.05) is 20.3 Å². The summed E-state index contributed by atoms with van der Waals surface area (Å²) < 4.78 is 9.46. The number of methoxy groups -OCH3 is 1. The van der Waals surface area contributed by atoms with Crippen LogP contribution < -0.4 is 10.6 Å². The van der Waals surface area contributed by atoms with Gasteiger partial charge in [0.1, 0.15) is 6.04 Å². The molecule has 1 aromatic carbocycles. The Morgan fingerprint density at radius 1 is 1.17 bits per heavy atom. The van der Waals surface area contributed by atoms with Crippen molar-refractivity contribution in [2.24, 2.45) is 0 Å². The van der Waals surface area contributed by atoms with E-state index in [1.165, 1.54) is 7.11 Å². The van der Waals surface area contributed by atoms with Gasteiger partial charge in [0.05, 0.1) is 20.1 Å². The highest BCUT2D eigenvalue weighted by atomic mass is 16.5. The number of hydrogen-bond donors (Lipinski definition) is 2. The number of carbonyl (C=O) groups excluding carboxylic acids is 3. The summed E-state index contributed by atoms with van der Waals surface area (Å²) >= 11 is 0. The van der Waals surface area contributed by atoms with Gasteiger partial charge in [-0.2, -0.15) is 0 Å². The Labute approximate surface area is 135 Å². The number of amides is 2. The van der Waals surface area contributed by atoms with Crippen molar-refractivity contribution in [3.05, 3.63) is 35.9 Å². The number of rotatable bonds is 8. The molecule has 0 saturated carbocycles. The fourth-order valence-corrected chi connectivity index (χ4v) is 1.91. The number of carbonyl (C=O) groups is 3. The molecule has 0 bridgehead atoms. The lowest BCUT2D eigenvalue weighted by atomic mass is 10.1. The fraction of sp³-hybridized carbons (Fsp3) is 0.438. The topological polar surface area (TPSA) is 93.7 Å². The van der Waals surface area contributed by atoms with Crippen molar-refractivity contribution < 1.29 is 23.9 Å². The monoisotopic (exact) mass is 322 g/mol. The largest absolute Gasteiger partial charge is 0.467 e. The molecule has 0 unspecified atom stereocenters. The minimum Gasteiger partial charge on any atom is -0.467 e. The van der Waals surface area contributed by atoms with Crippen molar-refractivity contribution in [2.45, 2.75) is 25.8 Å². The molecule has 2 N–H and O–H groups in total. The van der Waals surface area contributed by atoms with Gasteiger partial charge in [0, 0.05) is 13.0 Å². The molecule has 0 fully saturated rings. The zero-order valence-corrected chi connectivity index (χ0v) is 13.3. The van der Waals surface area contributed by atoms with E-state index in [-0.39, 0.29) is 18.9 Å². The minimum atomic E-state index is -0.801. The normalized spacial score (nSPS) is 11.2. The van der Waals surface area contributed by atoms with E-state index in [1.54, 1.807) is 6.92 Å². The summed E-state index contributed by atoms with van der Waals surface area (Å²) in [6.45, 7) is 2.14. The van der Waals surface area contributed by atoms with Gasteiger partial charge in [0.2, 0.25) is 0 Å². The van der Waals surface area contributed by atoms with Crippen LogP contribution in [0.15, 0.2) is 30.3 Å². The molecule has 7 heteroatoms. The first-order valence-electron chi connectivity index (χ1n) is 7.38. The zero-order chi connectivity index (χ0) is 17.1. The third-order valence-electron chi connectivity index (χ3n) is 2.99. The van der Waals surface area contributed by atoms with Crippen molar-refractivity contribution in [1.29, 1.82) is 0 Å². The van der Waals surface area contributed by atoms with Crippen LogP contribution in [0.25, 0.3) is 0 Å². The van der Waals surface area contributed by atoms with Crippen molar-refractivity contribution >= 4 is 18.0 Å². The predicted octanol–water partition coefficient (Wildman–Crippen LogP) is 1.02. The predicted molar refractivity (Wildman–Crippen MR) is 83.7 cm³/mol. The standard InChI is InChI=1S/C16H22N2O5/c1-3-23-14(19)9-10-17-16(21)18-13(15(20)22-2)11-12-7-5-4-6-8-12/h4-8,13H,3,9-11H2,1-2H3,(H2,17,18,21)/t13-/m0/s1. The van der Waals surface area contributed by atoms with Gasteiger partial charge in [-0.05, 0) is 12.5 Å². The zero-order valence-electron chi connectivity index (χ0n) is 13.3. The van der Waals surface area contributed by atoms with Crippen molar-refractivity contribution in [3.8, 4) is 0 Å². The smallest absolute Gasteiger partial charge is 0.328 e. The van der Waals surface area contributed by atoms with E-state index in [0.717, 1.165) is 5.56 Å². The molecule has 0 spiro atoms. The summed E-state index contributed by atoms with van der Waals surface area (Å²) in [5.74, 6) is -0.920. The quantitative estimate of drug-likeness (QED) is 0.697. The minimum absolute atomic E-state index is 0.0723. The maximum Gasteiger partial charge on any atom is 0.328 e. The molecule has 0 saturated heterocycles. The van der Waals surface area contributed by atoms with Crippen molar-refractivity contribution in [1.82, 2.24) is 10.6 Å². The Bertz CT molecular complexity index is 518. The Balaban J connectivity index is 2.48. The average Bonchev–Trinajstić information content (AvgIpc) is 2.54. The Kier molecular flexibility index (Phi) is 8.20. The SMILES string of the molecule is CCOC(=O)CCNC(=O)N[C@@H](Cc1ccccc1)C(=O)OC. The van der Waals surface area contributed by atoms with Crippen molar-refractivity contribution in [3.63, 3.8) is 0 Å². The van der Waals surface area contributed by atoms with Crippen LogP contribution in [0.3, 0.4) is 0 Å². The second kappa shape index (κ2) is 10.2. The molecule has 2 amide bonds. The summed E-state index contributed by atoms with van der Waals surface area (Å²) in [6.07, 6.45) is 0.391. The maximum absolute atomic E-state index is 11.8. The van der Waals surface area contributed by atoms with Crippen LogP contribution in [0.5, 0.6) is 0 Å². The van der Waals surface area contributed by atoms with Crippen LogP contribution in [-0.4, -0.2) is 44.3 Å². The van der Waals surface area contributed by atoms with Crippen LogP contribution in [-0.2, 0) is 25.5 Å². The number of benzene rings is 1. The van der Waals surface area contributed by atoms with E-state index in [2.05, 4.69) is 10.6 Å². The number of hydrogen-bond acceptors (Lipinski definition) is 5. The van der Waals surface area contributed by atoms with Gasteiger partial charge >= 0.3 is 18.0 Å². The van der Waals surface area contributed by atoms with Crippen LogP contribution >= 0.6 is 0 Å². The second-order valence-electron chi connectivity index (χ2n) is 4.72. The number of ether oxygens (including phenoxy) is 2. The van der Waals surface area contributed by atoms with E-state index < -0.39 is 18.0 Å². The summed E-state index contributed by atoms with van der Waals surface area (Å²) in [7, 11) is 1.26. The lowest BCUT2D eigenvalue weighted by molar-refractivity contribution is -0.143. The fourth-order valence-electron chi connectivity index (χ4n) is 1.91. The molecule has 0 heterocycles. The number of nitrogens with one attached hydrogen (secondary N) is 2. The van der Waals surface area contributed by atoms with E-state index >= 15 is 0 Å². The Hall–Kier alpha value is -2.57. The van der Waals surface area contributed by atoms with Gasteiger partial charge in [0.15, 0.2) is 0 Å². The van der Waals surface area contributed by atoms with Gasteiger partial charge in [-0.15, -0.1) is 0 Å². The summed E-state index contributed by atoms with van der Waals surface area (Å²) in [5.41, 5.74) is 0.898. The maximum atomic E-state index is 11.8. The highest BCUT2D eigenvalue weighted by molar-refractivity contribution is 5.84. The van der Waals surface area contributed by atoms with Crippen LogP contribution in [0.4, 0.5) is 4.79 Å². The number of esters is 2. The Morgan fingerprint density at radius 2 is 1.87 bits per heavy atom. The molecule has 0 aliphatic rings. The van der Waals surface area contributed by atoms with Crippen LogP contribution in [0.1, 0.15) is 18.9 Å². The Morgan fingerprint density at radius 3 is 2.48 bits per heavy atom. The highest BCUT2D eigenvalue weighted by Crippen LogP contribution is 2.04. The molecule has 23 heavy (non-hydrogen) atoms. The highest BCUT2D eigenvalue weighted by Gasteiger charge is 2.21. The molecule has 0 aliphatic heterocycles. The first kappa shape index (κ1) is 18.5. The molecule has 1 aromatic rings. The molecule has 0 aliphatic carbocycles. The second-order valence-corrected chi connectivity index (χ2v) is 4.72. The summed E-state index contributed by atoms with van der Waals surface area (Å²) in [4.78, 5) is 34.8. The van der Waals surface area contributed by atoms with Gasteiger partial charge in [-0.25, -0.2) is 9.59 Å². The van der Waals surface area contributed by atoms with Gasteiger partial charge in [-0.1, -0.05) is 30.3 Å². The summed E-state index contributed by atoms with van der Waals surface area (Å²) in [5, 5.41) is 5.05. The molecule has 0 radical (unpaired) electrons. The lowest BCUT2D eigenvalue weighted by Gasteiger charge is -2.17. The van der Waals surface area contributed by atoms with Gasteiger partial charge in [0.25, 0.3) is 0 Å². The van der Waals surface area contributed by atoms with E-state index in [0.29, 0.717) is 13.0 Å². The van der Waals surface area contributed by atoms with Gasteiger partial charge < -0.3 is 20.1 Å². The third kappa shape index (κ3) is 7.30. The van der Waals surface area contributed by atoms with E-state index in [4.69, 9.17) is 9.47 Å². The summed E-state index contributed by atoms with van der Waals surface area (Å²) in [6, 6.07) is 7.94. The first-order chi connectivity index (χ1) is 11.1. The number of urea groups is 1. The molecule has 1 rings (SSSR count). The lowest BCUT2D eigenvalue weighted by Crippen LogP contribution is -2.48. The van der Waals surface area contributed by atoms with Crippen LogP contribution in [0.2, 0.25) is 0 Å². The molecule has 0 aromatic heterocycles. The van der Waals surface area contributed by atoms with E-state index in [1.807, 2.05) is 30.3 Å². The third-order valence-corrected chi connectivity index (χ3v) is 2.99. The van der Waals surface area contributed by atoms with E-state index in [9.17, 15) is 14.4 Å². The molecule has 1 atom stereocenters. The first-order valence-corrected chi connectivity index (χ1v) is 7.38. The molecular weight excluding hydrogens is 300 g/mol. The molecule has 7 nitrogen and oxygen atoms in total. The molecular formula is C16H22N2O5. The van der Waals surface area contributed by atoms with Crippen LogP contribution in [0, 0.1) is 0 Å². The molecule has 126 valence electrons. The average molecular weight is 322 g/mol. The van der Waals surface area contributed by atoms with Gasteiger partial charge in [-0.3, -0.25) is 4.79 Å².